The van der Waals surface area contributed by atoms with Gasteiger partial charge in [-0.15, -0.1) is 0 Å². The number of nitrogens with zero attached hydrogens (tertiary/aromatic N) is 1. The van der Waals surface area contributed by atoms with E-state index in [1.54, 1.807) is 6.20 Å². The third-order valence-electron chi connectivity index (χ3n) is 2.13. The van der Waals surface area contributed by atoms with Crippen molar-refractivity contribution in [1.82, 2.24) is 4.98 Å². The van der Waals surface area contributed by atoms with Crippen LogP contribution >= 0.6 is 12.2 Å². The summed E-state index contributed by atoms with van der Waals surface area (Å²) in [7, 11) is 0. The summed E-state index contributed by atoms with van der Waals surface area (Å²) in [6, 6.07) is 13.8. The molecule has 1 aromatic heterocycles. The van der Waals surface area contributed by atoms with Crippen molar-refractivity contribution in [3.05, 3.63) is 48.7 Å². The van der Waals surface area contributed by atoms with Gasteiger partial charge in [0.1, 0.15) is 5.82 Å². The molecule has 0 atom stereocenters. The zero-order chi connectivity index (χ0) is 11.4. The minimum Gasteiger partial charge on any atom is -0.376 e. The minimum atomic E-state index is 0.218. The quantitative estimate of drug-likeness (QED) is 0.776. The molecule has 80 valence electrons. The number of anilines is 1. The molecule has 3 N–H and O–H groups in total. The van der Waals surface area contributed by atoms with Crippen molar-refractivity contribution in [3.8, 4) is 11.1 Å². The summed E-state index contributed by atoms with van der Waals surface area (Å²) in [5, 5.41) is 3.09. The van der Waals surface area contributed by atoms with Gasteiger partial charge in [-0.05, 0) is 29.9 Å². The van der Waals surface area contributed by atoms with Crippen LogP contribution < -0.4 is 11.1 Å². The highest BCUT2D eigenvalue weighted by molar-refractivity contribution is 7.80. The maximum absolute atomic E-state index is 5.45. The molecule has 1 heterocycles. The van der Waals surface area contributed by atoms with Crippen LogP contribution in [0.4, 0.5) is 5.82 Å². The minimum absolute atomic E-state index is 0.218. The smallest absolute Gasteiger partial charge is 0.169 e. The molecule has 0 aliphatic rings. The molecule has 1 aromatic carbocycles. The van der Waals surface area contributed by atoms with Gasteiger partial charge in [0.2, 0.25) is 0 Å². The fourth-order valence-corrected chi connectivity index (χ4v) is 1.57. The molecule has 4 heteroatoms. The number of aromatic nitrogens is 1. The van der Waals surface area contributed by atoms with Gasteiger partial charge in [0.05, 0.1) is 0 Å². The predicted molar refractivity (Wildman–Crippen MR) is 70.1 cm³/mol. The molecule has 0 amide bonds. The number of benzene rings is 1. The summed E-state index contributed by atoms with van der Waals surface area (Å²) in [4.78, 5) is 4.22. The molecule has 2 rings (SSSR count). The monoisotopic (exact) mass is 229 g/mol. The lowest BCUT2D eigenvalue weighted by Crippen LogP contribution is -2.20. The highest BCUT2D eigenvalue weighted by Crippen LogP contribution is 2.25. The Morgan fingerprint density at radius 2 is 1.88 bits per heavy atom. The summed E-state index contributed by atoms with van der Waals surface area (Å²) in [6.45, 7) is 0. The van der Waals surface area contributed by atoms with Crippen molar-refractivity contribution < 1.29 is 0 Å². The van der Waals surface area contributed by atoms with Gasteiger partial charge in [-0.2, -0.15) is 0 Å². The van der Waals surface area contributed by atoms with Crippen molar-refractivity contribution in [1.29, 1.82) is 0 Å². The average molecular weight is 229 g/mol. The zero-order valence-electron chi connectivity index (χ0n) is 8.55. The van der Waals surface area contributed by atoms with Gasteiger partial charge in [0.25, 0.3) is 0 Å². The number of hydrogen-bond donors (Lipinski definition) is 2. The van der Waals surface area contributed by atoms with E-state index in [0.717, 1.165) is 11.1 Å². The van der Waals surface area contributed by atoms with Crippen LogP contribution in [0.2, 0.25) is 0 Å². The van der Waals surface area contributed by atoms with E-state index in [1.807, 2.05) is 42.5 Å². The third-order valence-corrected chi connectivity index (χ3v) is 2.24. The number of rotatable bonds is 2. The van der Waals surface area contributed by atoms with Gasteiger partial charge in [0.15, 0.2) is 5.11 Å². The molecule has 0 radical (unpaired) electrons. The van der Waals surface area contributed by atoms with Crippen LogP contribution in [-0.4, -0.2) is 10.1 Å². The van der Waals surface area contributed by atoms with Crippen LogP contribution in [0.1, 0.15) is 0 Å². The molecule has 0 saturated heterocycles. The number of nitrogens with two attached hydrogens (primary N) is 1. The normalized spacial score (nSPS) is 9.75. The van der Waals surface area contributed by atoms with Gasteiger partial charge >= 0.3 is 0 Å². The molecule has 16 heavy (non-hydrogen) atoms. The van der Waals surface area contributed by atoms with E-state index in [-0.39, 0.29) is 5.11 Å². The maximum atomic E-state index is 5.45. The lowest BCUT2D eigenvalue weighted by atomic mass is 10.1. The number of hydrogen-bond acceptors (Lipinski definition) is 2. The van der Waals surface area contributed by atoms with Crippen LogP contribution in [0.5, 0.6) is 0 Å². The van der Waals surface area contributed by atoms with E-state index in [4.69, 9.17) is 18.0 Å². The zero-order valence-corrected chi connectivity index (χ0v) is 9.37. The number of nitrogens with one attached hydrogen (secondary N) is 1. The second-order valence-electron chi connectivity index (χ2n) is 3.25. The molecule has 0 bridgehead atoms. The van der Waals surface area contributed by atoms with Gasteiger partial charge in [-0.1, -0.05) is 30.3 Å². The second-order valence-corrected chi connectivity index (χ2v) is 3.69. The Labute approximate surface area is 99.3 Å². The SMILES string of the molecule is NC(=S)Nc1ncccc1-c1ccccc1. The highest BCUT2D eigenvalue weighted by atomic mass is 32.1. The van der Waals surface area contributed by atoms with Crippen LogP contribution in [0, 0.1) is 0 Å². The van der Waals surface area contributed by atoms with E-state index in [0.29, 0.717) is 5.82 Å². The Morgan fingerprint density at radius 3 is 2.56 bits per heavy atom. The first kappa shape index (κ1) is 10.6. The van der Waals surface area contributed by atoms with E-state index in [2.05, 4.69) is 10.3 Å². The Morgan fingerprint density at radius 1 is 1.12 bits per heavy atom. The number of pyridine rings is 1. The van der Waals surface area contributed by atoms with Crippen LogP contribution in [0.25, 0.3) is 11.1 Å². The average Bonchev–Trinajstić information content (AvgIpc) is 2.30. The first-order chi connectivity index (χ1) is 7.77. The predicted octanol–water partition coefficient (Wildman–Crippen LogP) is 2.40. The molecule has 0 spiro atoms. The molecular weight excluding hydrogens is 218 g/mol. The summed E-state index contributed by atoms with van der Waals surface area (Å²) in [5.74, 6) is 0.682. The van der Waals surface area contributed by atoms with Crippen LogP contribution in [-0.2, 0) is 0 Å². The van der Waals surface area contributed by atoms with Gasteiger partial charge in [-0.25, -0.2) is 4.98 Å². The van der Waals surface area contributed by atoms with Gasteiger partial charge in [0, 0.05) is 11.8 Å². The van der Waals surface area contributed by atoms with E-state index >= 15 is 0 Å². The Hall–Kier alpha value is -1.94. The van der Waals surface area contributed by atoms with E-state index in [1.165, 1.54) is 0 Å². The maximum Gasteiger partial charge on any atom is 0.169 e. The molecular formula is C12H11N3S. The van der Waals surface area contributed by atoms with Crippen molar-refractivity contribution >= 4 is 23.1 Å². The van der Waals surface area contributed by atoms with E-state index < -0.39 is 0 Å². The molecule has 3 nitrogen and oxygen atoms in total. The topological polar surface area (TPSA) is 50.9 Å². The summed E-state index contributed by atoms with van der Waals surface area (Å²) in [6.07, 6.45) is 1.70. The van der Waals surface area contributed by atoms with Crippen LogP contribution in [0.3, 0.4) is 0 Å². The molecule has 0 fully saturated rings. The molecule has 0 aliphatic heterocycles. The lowest BCUT2D eigenvalue weighted by Gasteiger charge is -2.09. The van der Waals surface area contributed by atoms with E-state index in [9.17, 15) is 0 Å². The summed E-state index contributed by atoms with van der Waals surface area (Å²) in [5.41, 5.74) is 7.51. The number of thiocarbonyl (C=S) groups is 1. The van der Waals surface area contributed by atoms with Gasteiger partial charge < -0.3 is 11.1 Å². The molecule has 2 aromatic rings. The first-order valence-electron chi connectivity index (χ1n) is 4.84. The lowest BCUT2D eigenvalue weighted by molar-refractivity contribution is 1.32. The Kier molecular flexibility index (Phi) is 3.12. The molecule has 0 saturated carbocycles. The summed E-state index contributed by atoms with van der Waals surface area (Å²) >= 11 is 4.81. The molecule has 0 aliphatic carbocycles. The van der Waals surface area contributed by atoms with Gasteiger partial charge in [-0.3, -0.25) is 0 Å². The highest BCUT2D eigenvalue weighted by Gasteiger charge is 2.05. The Balaban J connectivity index is 2.44. The molecule has 0 unspecified atom stereocenters. The van der Waals surface area contributed by atoms with Crippen molar-refractivity contribution in [3.63, 3.8) is 0 Å². The Bertz CT molecular complexity index is 497. The standard InChI is InChI=1S/C12H11N3S/c13-12(16)15-11-10(7-4-8-14-11)9-5-2-1-3-6-9/h1-8H,(H3,13,14,15,16). The van der Waals surface area contributed by atoms with Crippen molar-refractivity contribution in [2.75, 3.05) is 5.32 Å². The first-order valence-corrected chi connectivity index (χ1v) is 5.25. The summed E-state index contributed by atoms with van der Waals surface area (Å²) < 4.78 is 0. The second kappa shape index (κ2) is 4.72. The fraction of sp³-hybridized carbons (Fsp3) is 0. The fourth-order valence-electron chi connectivity index (χ4n) is 1.47. The van der Waals surface area contributed by atoms with Crippen LogP contribution in [0.15, 0.2) is 48.7 Å². The third kappa shape index (κ3) is 2.35. The largest absolute Gasteiger partial charge is 0.376 e. The van der Waals surface area contributed by atoms with Crippen molar-refractivity contribution in [2.45, 2.75) is 0 Å². The van der Waals surface area contributed by atoms with Crippen molar-refractivity contribution in [2.24, 2.45) is 5.73 Å².